The van der Waals surface area contributed by atoms with Crippen molar-refractivity contribution in [3.05, 3.63) is 35.8 Å². The van der Waals surface area contributed by atoms with Gasteiger partial charge in [0.05, 0.1) is 6.54 Å². The largest absolute Gasteiger partial charge is 0.449 e. The highest BCUT2D eigenvalue weighted by Crippen LogP contribution is 2.05. The fraction of sp³-hybridized carbons (Fsp3) is 0.364. The number of furan rings is 1. The van der Waals surface area contributed by atoms with Crippen LogP contribution in [-0.2, 0) is 13.0 Å². The van der Waals surface area contributed by atoms with Crippen LogP contribution in [0.15, 0.2) is 22.9 Å². The van der Waals surface area contributed by atoms with Gasteiger partial charge in [-0.1, -0.05) is 0 Å². The number of hydrogen-bond acceptors (Lipinski definition) is 5. The zero-order chi connectivity index (χ0) is 11.9. The van der Waals surface area contributed by atoms with Crippen LogP contribution in [0.2, 0.25) is 0 Å². The average molecular weight is 231 g/mol. The first-order valence-electron chi connectivity index (χ1n) is 5.42. The Morgan fingerprint density at radius 3 is 3.12 bits per heavy atom. The summed E-state index contributed by atoms with van der Waals surface area (Å²) in [6, 6.07) is 5.43. The summed E-state index contributed by atoms with van der Waals surface area (Å²) in [4.78, 5) is 4.04. The third-order valence-electron chi connectivity index (χ3n) is 2.30. The molecular formula is C11H13N5O. The third-order valence-corrected chi connectivity index (χ3v) is 2.30. The zero-order valence-electron chi connectivity index (χ0n) is 9.31. The number of nitriles is 1. The number of H-pyrrole nitrogens is 1. The van der Waals surface area contributed by atoms with Crippen molar-refractivity contribution in [3.63, 3.8) is 0 Å². The number of aryl methyl sites for hydroxylation is 1. The van der Waals surface area contributed by atoms with Gasteiger partial charge in [0.1, 0.15) is 24.0 Å². The third kappa shape index (κ3) is 3.43. The second-order valence-electron chi connectivity index (χ2n) is 3.59. The number of aromatic nitrogens is 3. The molecule has 0 atom stereocenters. The lowest BCUT2D eigenvalue weighted by Crippen LogP contribution is -2.15. The first-order valence-corrected chi connectivity index (χ1v) is 5.42. The number of nitrogens with zero attached hydrogens (tertiary/aromatic N) is 3. The van der Waals surface area contributed by atoms with Gasteiger partial charge in [0, 0.05) is 6.42 Å². The van der Waals surface area contributed by atoms with Crippen LogP contribution in [0.25, 0.3) is 0 Å². The molecule has 0 radical (unpaired) electrons. The SMILES string of the molecule is N#Cc1ccc(CNCCCc2ncn[nH]2)o1. The van der Waals surface area contributed by atoms with Crippen LogP contribution in [0.3, 0.4) is 0 Å². The molecule has 0 amide bonds. The number of hydrogen-bond donors (Lipinski definition) is 2. The Morgan fingerprint density at radius 1 is 1.47 bits per heavy atom. The van der Waals surface area contributed by atoms with Crippen molar-refractivity contribution < 1.29 is 4.42 Å². The first-order chi connectivity index (χ1) is 8.38. The van der Waals surface area contributed by atoms with Gasteiger partial charge < -0.3 is 9.73 Å². The molecule has 17 heavy (non-hydrogen) atoms. The summed E-state index contributed by atoms with van der Waals surface area (Å²) >= 11 is 0. The molecular weight excluding hydrogens is 218 g/mol. The van der Waals surface area contributed by atoms with Gasteiger partial charge >= 0.3 is 0 Å². The van der Waals surface area contributed by atoms with Crippen LogP contribution in [0.1, 0.15) is 23.8 Å². The van der Waals surface area contributed by atoms with Crippen LogP contribution >= 0.6 is 0 Å². The van der Waals surface area contributed by atoms with E-state index in [0.29, 0.717) is 12.3 Å². The van der Waals surface area contributed by atoms with Crippen LogP contribution in [-0.4, -0.2) is 21.7 Å². The molecule has 0 spiro atoms. The van der Waals surface area contributed by atoms with Crippen LogP contribution in [0.4, 0.5) is 0 Å². The van der Waals surface area contributed by atoms with Crippen molar-refractivity contribution in [3.8, 4) is 6.07 Å². The van der Waals surface area contributed by atoms with E-state index in [4.69, 9.17) is 9.68 Å². The molecule has 0 fully saturated rings. The second kappa shape index (κ2) is 5.82. The summed E-state index contributed by atoms with van der Waals surface area (Å²) < 4.78 is 5.23. The molecule has 6 heteroatoms. The van der Waals surface area contributed by atoms with Gasteiger partial charge in [-0.3, -0.25) is 5.10 Å². The van der Waals surface area contributed by atoms with Crippen LogP contribution in [0.5, 0.6) is 0 Å². The Labute approximate surface area is 98.7 Å². The molecule has 2 rings (SSSR count). The molecule has 0 aliphatic rings. The number of aromatic amines is 1. The van der Waals surface area contributed by atoms with E-state index in [0.717, 1.165) is 31.0 Å². The minimum atomic E-state index is 0.350. The summed E-state index contributed by atoms with van der Waals surface area (Å²) in [6.07, 6.45) is 3.35. The Morgan fingerprint density at radius 2 is 2.41 bits per heavy atom. The second-order valence-corrected chi connectivity index (χ2v) is 3.59. The zero-order valence-corrected chi connectivity index (χ0v) is 9.31. The van der Waals surface area contributed by atoms with E-state index in [2.05, 4.69) is 20.5 Å². The van der Waals surface area contributed by atoms with Crippen LogP contribution < -0.4 is 5.32 Å². The number of nitrogens with one attached hydrogen (secondary N) is 2. The van der Waals surface area contributed by atoms with Gasteiger partial charge in [0.2, 0.25) is 5.76 Å². The summed E-state index contributed by atoms with van der Waals surface area (Å²) in [5, 5.41) is 18.4. The quantitative estimate of drug-likeness (QED) is 0.723. The fourth-order valence-electron chi connectivity index (χ4n) is 1.48. The Balaban J connectivity index is 1.62. The highest BCUT2D eigenvalue weighted by Gasteiger charge is 2.00. The predicted octanol–water partition coefficient (Wildman–Crippen LogP) is 0.992. The molecule has 0 aliphatic heterocycles. The summed E-state index contributed by atoms with van der Waals surface area (Å²) in [5.74, 6) is 2.03. The molecule has 2 aromatic heterocycles. The lowest BCUT2D eigenvalue weighted by molar-refractivity contribution is 0.472. The van der Waals surface area contributed by atoms with Gasteiger partial charge in [0.25, 0.3) is 0 Å². The standard InChI is InChI=1S/C11H13N5O/c12-6-9-3-4-10(17-9)7-13-5-1-2-11-14-8-15-16-11/h3-4,8,13H,1-2,5,7H2,(H,14,15,16). The van der Waals surface area contributed by atoms with Crippen molar-refractivity contribution in [1.29, 1.82) is 5.26 Å². The van der Waals surface area contributed by atoms with Crippen molar-refractivity contribution in [1.82, 2.24) is 20.5 Å². The molecule has 2 heterocycles. The van der Waals surface area contributed by atoms with Crippen molar-refractivity contribution in [2.24, 2.45) is 0 Å². The average Bonchev–Trinajstić information content (AvgIpc) is 2.99. The molecule has 2 N–H and O–H groups in total. The highest BCUT2D eigenvalue weighted by molar-refractivity contribution is 5.18. The van der Waals surface area contributed by atoms with Gasteiger partial charge in [0.15, 0.2) is 0 Å². The summed E-state index contributed by atoms with van der Waals surface area (Å²) in [5.41, 5.74) is 0. The minimum absolute atomic E-state index is 0.350. The van der Waals surface area contributed by atoms with Crippen molar-refractivity contribution in [2.75, 3.05) is 6.54 Å². The molecule has 88 valence electrons. The van der Waals surface area contributed by atoms with Crippen LogP contribution in [0, 0.1) is 11.3 Å². The van der Waals surface area contributed by atoms with E-state index in [1.54, 1.807) is 6.07 Å². The fourth-order valence-corrected chi connectivity index (χ4v) is 1.48. The van der Waals surface area contributed by atoms with Gasteiger partial charge in [-0.2, -0.15) is 10.4 Å². The smallest absolute Gasteiger partial charge is 0.203 e. The van der Waals surface area contributed by atoms with E-state index in [9.17, 15) is 0 Å². The number of rotatable bonds is 6. The van der Waals surface area contributed by atoms with Crippen molar-refractivity contribution in [2.45, 2.75) is 19.4 Å². The van der Waals surface area contributed by atoms with E-state index >= 15 is 0 Å². The Hall–Kier alpha value is -2.13. The molecule has 6 nitrogen and oxygen atoms in total. The van der Waals surface area contributed by atoms with E-state index in [1.165, 1.54) is 6.33 Å². The van der Waals surface area contributed by atoms with Gasteiger partial charge in [-0.05, 0) is 25.1 Å². The lowest BCUT2D eigenvalue weighted by atomic mass is 10.3. The molecule has 0 bridgehead atoms. The monoisotopic (exact) mass is 231 g/mol. The normalized spacial score (nSPS) is 10.3. The topological polar surface area (TPSA) is 90.5 Å². The van der Waals surface area contributed by atoms with Crippen molar-refractivity contribution >= 4 is 0 Å². The molecule has 2 aromatic rings. The molecule has 0 saturated heterocycles. The maximum atomic E-state index is 8.59. The Bertz CT molecular complexity index is 482. The van der Waals surface area contributed by atoms with Gasteiger partial charge in [-0.15, -0.1) is 0 Å². The molecule has 0 aromatic carbocycles. The molecule has 0 unspecified atom stereocenters. The maximum Gasteiger partial charge on any atom is 0.203 e. The maximum absolute atomic E-state index is 8.59. The highest BCUT2D eigenvalue weighted by atomic mass is 16.3. The molecule has 0 aliphatic carbocycles. The van der Waals surface area contributed by atoms with E-state index in [-0.39, 0.29) is 0 Å². The first kappa shape index (κ1) is 11.4. The minimum Gasteiger partial charge on any atom is -0.449 e. The van der Waals surface area contributed by atoms with E-state index < -0.39 is 0 Å². The lowest BCUT2D eigenvalue weighted by Gasteiger charge is -2.00. The summed E-state index contributed by atoms with van der Waals surface area (Å²) in [6.45, 7) is 1.50. The predicted molar refractivity (Wildman–Crippen MR) is 59.8 cm³/mol. The Kier molecular flexibility index (Phi) is 3.89. The molecule has 0 saturated carbocycles. The summed E-state index contributed by atoms with van der Waals surface area (Å²) in [7, 11) is 0. The van der Waals surface area contributed by atoms with E-state index in [1.807, 2.05) is 12.1 Å². The van der Waals surface area contributed by atoms with Gasteiger partial charge in [-0.25, -0.2) is 4.98 Å².